The largest absolute Gasteiger partial charge is 0.344 e. The molecule has 1 saturated carbocycles. The molecule has 3 rings (SSSR count). The van der Waals surface area contributed by atoms with Crippen LogP contribution < -0.4 is 4.90 Å². The Morgan fingerprint density at radius 2 is 2.11 bits per heavy atom. The van der Waals surface area contributed by atoms with E-state index in [2.05, 4.69) is 28.9 Å². The lowest BCUT2D eigenvalue weighted by Gasteiger charge is -2.24. The molecule has 0 N–H and O–H groups in total. The quantitative estimate of drug-likeness (QED) is 0.810. The smallest absolute Gasteiger partial charge is 0.208 e. The zero-order valence-corrected chi connectivity index (χ0v) is 12.2. The van der Waals surface area contributed by atoms with E-state index in [0.29, 0.717) is 6.04 Å². The third kappa shape index (κ3) is 2.68. The number of hydrogen-bond acceptors (Lipinski definition) is 4. The molecule has 0 radical (unpaired) electrons. The standard InChI is InChI=1S/C14H23N3S/c1-10(2)5-8-12-4-3-9-17(12)14-16-15-13(18-14)11-6-7-11/h10-12H,3-9H2,1-2H3. The van der Waals surface area contributed by atoms with Crippen molar-refractivity contribution < 1.29 is 0 Å². The molecular formula is C14H23N3S. The van der Waals surface area contributed by atoms with Crippen molar-refractivity contribution >= 4 is 16.5 Å². The van der Waals surface area contributed by atoms with Crippen molar-refractivity contribution in [1.29, 1.82) is 0 Å². The van der Waals surface area contributed by atoms with Gasteiger partial charge < -0.3 is 4.90 Å². The van der Waals surface area contributed by atoms with Crippen LogP contribution in [-0.4, -0.2) is 22.8 Å². The van der Waals surface area contributed by atoms with Crippen molar-refractivity contribution in [2.45, 2.75) is 64.3 Å². The molecule has 1 unspecified atom stereocenters. The predicted octanol–water partition coefficient (Wildman–Crippen LogP) is 3.82. The number of hydrogen-bond donors (Lipinski definition) is 0. The lowest BCUT2D eigenvalue weighted by Crippen LogP contribution is -2.29. The molecule has 18 heavy (non-hydrogen) atoms. The molecule has 1 aromatic rings. The number of nitrogens with zero attached hydrogens (tertiary/aromatic N) is 3. The molecule has 4 heteroatoms. The summed E-state index contributed by atoms with van der Waals surface area (Å²) in [4.78, 5) is 2.52. The van der Waals surface area contributed by atoms with E-state index >= 15 is 0 Å². The first-order valence-electron chi connectivity index (χ1n) is 7.34. The van der Waals surface area contributed by atoms with Crippen molar-refractivity contribution in [3.8, 4) is 0 Å². The van der Waals surface area contributed by atoms with Gasteiger partial charge in [0.05, 0.1) is 0 Å². The number of aromatic nitrogens is 2. The fourth-order valence-electron chi connectivity index (χ4n) is 2.75. The van der Waals surface area contributed by atoms with Crippen molar-refractivity contribution in [2.75, 3.05) is 11.4 Å². The zero-order valence-electron chi connectivity index (χ0n) is 11.4. The van der Waals surface area contributed by atoms with E-state index in [9.17, 15) is 0 Å². The van der Waals surface area contributed by atoms with Crippen LogP contribution in [0.3, 0.4) is 0 Å². The van der Waals surface area contributed by atoms with Crippen molar-refractivity contribution in [3.63, 3.8) is 0 Å². The average molecular weight is 265 g/mol. The van der Waals surface area contributed by atoms with E-state index in [4.69, 9.17) is 0 Å². The maximum Gasteiger partial charge on any atom is 0.208 e. The van der Waals surface area contributed by atoms with Gasteiger partial charge in [0.1, 0.15) is 5.01 Å². The number of anilines is 1. The SMILES string of the molecule is CC(C)CCC1CCCN1c1nnc(C2CC2)s1. The molecule has 2 aliphatic rings. The highest BCUT2D eigenvalue weighted by Crippen LogP contribution is 2.43. The predicted molar refractivity (Wildman–Crippen MR) is 76.3 cm³/mol. The van der Waals surface area contributed by atoms with E-state index in [1.807, 2.05) is 11.3 Å². The van der Waals surface area contributed by atoms with E-state index in [0.717, 1.165) is 11.8 Å². The maximum atomic E-state index is 4.43. The van der Waals surface area contributed by atoms with E-state index in [1.165, 1.54) is 55.2 Å². The highest BCUT2D eigenvalue weighted by molar-refractivity contribution is 7.15. The van der Waals surface area contributed by atoms with Crippen LogP contribution in [0, 0.1) is 5.92 Å². The van der Waals surface area contributed by atoms with Crippen LogP contribution in [0.2, 0.25) is 0 Å². The van der Waals surface area contributed by atoms with Gasteiger partial charge in [-0.15, -0.1) is 10.2 Å². The Balaban J connectivity index is 1.65. The van der Waals surface area contributed by atoms with Crippen LogP contribution in [0.25, 0.3) is 0 Å². The van der Waals surface area contributed by atoms with Gasteiger partial charge in [-0.2, -0.15) is 0 Å². The molecule has 0 spiro atoms. The van der Waals surface area contributed by atoms with Crippen molar-refractivity contribution in [1.82, 2.24) is 10.2 Å². The van der Waals surface area contributed by atoms with Gasteiger partial charge in [-0.25, -0.2) is 0 Å². The minimum atomic E-state index is 0.715. The second kappa shape index (κ2) is 5.16. The summed E-state index contributed by atoms with van der Waals surface area (Å²) in [7, 11) is 0. The number of rotatable bonds is 5. The summed E-state index contributed by atoms with van der Waals surface area (Å²) in [6.45, 7) is 5.81. The Morgan fingerprint density at radius 1 is 1.28 bits per heavy atom. The molecule has 0 amide bonds. The monoisotopic (exact) mass is 265 g/mol. The third-order valence-electron chi connectivity index (χ3n) is 4.06. The van der Waals surface area contributed by atoms with E-state index in [1.54, 1.807) is 0 Å². The van der Waals surface area contributed by atoms with Gasteiger partial charge in [0, 0.05) is 18.5 Å². The zero-order chi connectivity index (χ0) is 12.5. The normalized spacial score (nSPS) is 24.2. The van der Waals surface area contributed by atoms with Crippen molar-refractivity contribution in [2.24, 2.45) is 5.92 Å². The van der Waals surface area contributed by atoms with Crippen LogP contribution in [0.1, 0.15) is 63.3 Å². The Hall–Kier alpha value is -0.640. The lowest BCUT2D eigenvalue weighted by molar-refractivity contribution is 0.495. The van der Waals surface area contributed by atoms with E-state index < -0.39 is 0 Å². The van der Waals surface area contributed by atoms with Gasteiger partial charge in [0.15, 0.2) is 0 Å². The molecule has 1 atom stereocenters. The Kier molecular flexibility index (Phi) is 3.55. The summed E-state index contributed by atoms with van der Waals surface area (Å²) in [5, 5.41) is 11.3. The molecule has 1 aliphatic carbocycles. The molecule has 1 saturated heterocycles. The average Bonchev–Trinajstić information content (AvgIpc) is 2.92. The fourth-order valence-corrected chi connectivity index (χ4v) is 3.86. The Labute approximate surface area is 114 Å². The van der Waals surface area contributed by atoms with E-state index in [-0.39, 0.29) is 0 Å². The molecule has 100 valence electrons. The lowest BCUT2D eigenvalue weighted by atomic mass is 10.0. The van der Waals surface area contributed by atoms with Crippen LogP contribution in [0.5, 0.6) is 0 Å². The van der Waals surface area contributed by atoms with Crippen LogP contribution >= 0.6 is 11.3 Å². The molecule has 3 nitrogen and oxygen atoms in total. The minimum Gasteiger partial charge on any atom is -0.344 e. The molecule has 1 aromatic heterocycles. The third-order valence-corrected chi connectivity index (χ3v) is 5.18. The first kappa shape index (κ1) is 12.4. The molecule has 0 aromatic carbocycles. The van der Waals surface area contributed by atoms with Crippen LogP contribution in [0.15, 0.2) is 0 Å². The second-order valence-corrected chi connectivity index (χ2v) is 7.15. The van der Waals surface area contributed by atoms with Gasteiger partial charge in [0.25, 0.3) is 0 Å². The summed E-state index contributed by atoms with van der Waals surface area (Å²) in [5.74, 6) is 1.55. The summed E-state index contributed by atoms with van der Waals surface area (Å²) < 4.78 is 0. The van der Waals surface area contributed by atoms with Crippen LogP contribution in [0.4, 0.5) is 5.13 Å². The topological polar surface area (TPSA) is 29.0 Å². The summed E-state index contributed by atoms with van der Waals surface area (Å²) in [6.07, 6.45) is 7.95. The first-order chi connectivity index (χ1) is 8.74. The highest BCUT2D eigenvalue weighted by atomic mass is 32.1. The summed E-state index contributed by atoms with van der Waals surface area (Å²) >= 11 is 1.84. The van der Waals surface area contributed by atoms with Crippen LogP contribution in [-0.2, 0) is 0 Å². The van der Waals surface area contributed by atoms with Gasteiger partial charge in [-0.3, -0.25) is 0 Å². The minimum absolute atomic E-state index is 0.715. The molecule has 1 aliphatic heterocycles. The Morgan fingerprint density at radius 3 is 2.83 bits per heavy atom. The maximum absolute atomic E-state index is 4.43. The molecule has 2 heterocycles. The second-order valence-electron chi connectivity index (χ2n) is 6.16. The van der Waals surface area contributed by atoms with Gasteiger partial charge >= 0.3 is 0 Å². The van der Waals surface area contributed by atoms with Gasteiger partial charge in [-0.1, -0.05) is 25.2 Å². The summed E-state index contributed by atoms with van der Waals surface area (Å²) in [5.41, 5.74) is 0. The molecular weight excluding hydrogens is 242 g/mol. The Bertz CT molecular complexity index is 397. The molecule has 0 bridgehead atoms. The van der Waals surface area contributed by atoms with Gasteiger partial charge in [0.2, 0.25) is 5.13 Å². The van der Waals surface area contributed by atoms with Crippen molar-refractivity contribution in [3.05, 3.63) is 5.01 Å². The van der Waals surface area contributed by atoms with Gasteiger partial charge in [-0.05, 0) is 44.4 Å². The fraction of sp³-hybridized carbons (Fsp3) is 0.857. The molecule has 2 fully saturated rings. The highest BCUT2D eigenvalue weighted by Gasteiger charge is 2.31. The summed E-state index contributed by atoms with van der Waals surface area (Å²) in [6, 6.07) is 0.715. The first-order valence-corrected chi connectivity index (χ1v) is 8.15.